The number of aromatic nitrogens is 3. The highest BCUT2D eigenvalue weighted by Gasteiger charge is 2.08. The number of imidazole rings is 1. The average molecular weight is 348 g/mol. The van der Waals surface area contributed by atoms with Gasteiger partial charge in [0.05, 0.1) is 6.54 Å². The topological polar surface area (TPSA) is 81.1 Å². The molecule has 0 atom stereocenters. The van der Waals surface area contributed by atoms with Gasteiger partial charge in [0.1, 0.15) is 11.6 Å². The number of guanidine groups is 1. The highest BCUT2D eigenvalue weighted by molar-refractivity contribution is 5.92. The Morgan fingerprint density at radius 1 is 1.19 bits per heavy atom. The van der Waals surface area contributed by atoms with Gasteiger partial charge in [-0.3, -0.25) is 4.57 Å². The van der Waals surface area contributed by atoms with E-state index in [1.165, 1.54) is 5.56 Å². The number of hydrogen-bond acceptors (Lipinski definition) is 3. The van der Waals surface area contributed by atoms with Crippen LogP contribution in [0.3, 0.4) is 0 Å². The van der Waals surface area contributed by atoms with Crippen molar-refractivity contribution in [2.45, 2.75) is 33.2 Å². The molecule has 1 aromatic carbocycles. The molecule has 0 unspecified atom stereocenters. The van der Waals surface area contributed by atoms with Gasteiger partial charge in [0.25, 0.3) is 0 Å². The second-order valence-electron chi connectivity index (χ2n) is 6.44. The van der Waals surface area contributed by atoms with E-state index >= 15 is 0 Å². The van der Waals surface area contributed by atoms with Gasteiger partial charge in [0.15, 0.2) is 5.96 Å². The first-order chi connectivity index (χ1) is 12.5. The molecule has 3 N–H and O–H groups in total. The van der Waals surface area contributed by atoms with Crippen LogP contribution in [0.25, 0.3) is 5.82 Å². The number of hydrogen-bond donors (Lipinski definition) is 2. The summed E-state index contributed by atoms with van der Waals surface area (Å²) in [5, 5.41) is 3.16. The van der Waals surface area contributed by atoms with E-state index in [-0.39, 0.29) is 0 Å². The van der Waals surface area contributed by atoms with Crippen molar-refractivity contribution < 1.29 is 0 Å². The monoisotopic (exact) mass is 348 g/mol. The summed E-state index contributed by atoms with van der Waals surface area (Å²) in [4.78, 5) is 13.2. The minimum atomic E-state index is 0.378. The number of anilines is 1. The molecule has 2 aromatic heterocycles. The number of nitrogens with one attached hydrogen (secondary N) is 1. The number of aryl methyl sites for hydroxylation is 1. The minimum absolute atomic E-state index is 0.378. The highest BCUT2D eigenvalue weighted by atomic mass is 15.1. The molecule has 6 nitrogen and oxygen atoms in total. The third kappa shape index (κ3) is 4.08. The van der Waals surface area contributed by atoms with E-state index < -0.39 is 0 Å². The van der Waals surface area contributed by atoms with Crippen molar-refractivity contribution in [1.29, 1.82) is 0 Å². The van der Waals surface area contributed by atoms with E-state index in [2.05, 4.69) is 46.3 Å². The van der Waals surface area contributed by atoms with Crippen LogP contribution in [0, 0.1) is 6.92 Å². The lowest BCUT2D eigenvalue weighted by atomic mass is 10.0. The van der Waals surface area contributed by atoms with Gasteiger partial charge in [0.2, 0.25) is 0 Å². The van der Waals surface area contributed by atoms with Crippen molar-refractivity contribution in [3.8, 4) is 5.82 Å². The van der Waals surface area contributed by atoms with E-state index in [0.29, 0.717) is 18.4 Å². The molecule has 0 bridgehead atoms. The van der Waals surface area contributed by atoms with Crippen LogP contribution in [0.5, 0.6) is 0 Å². The van der Waals surface area contributed by atoms with Crippen molar-refractivity contribution in [3.05, 3.63) is 71.9 Å². The molecule has 0 spiro atoms. The lowest BCUT2D eigenvalue weighted by Crippen LogP contribution is -2.22. The summed E-state index contributed by atoms with van der Waals surface area (Å²) in [6.07, 6.45) is 5.42. The smallest absolute Gasteiger partial charge is 0.193 e. The zero-order valence-electron chi connectivity index (χ0n) is 15.3. The van der Waals surface area contributed by atoms with Gasteiger partial charge in [-0.15, -0.1) is 0 Å². The highest BCUT2D eigenvalue weighted by Crippen LogP contribution is 2.18. The van der Waals surface area contributed by atoms with E-state index in [1.807, 2.05) is 42.0 Å². The van der Waals surface area contributed by atoms with E-state index in [9.17, 15) is 0 Å². The Labute approximate surface area is 153 Å². The Balaban J connectivity index is 1.76. The quantitative estimate of drug-likeness (QED) is 0.545. The van der Waals surface area contributed by atoms with Crippen molar-refractivity contribution in [2.75, 3.05) is 5.32 Å². The van der Waals surface area contributed by atoms with Crippen LogP contribution in [0.4, 0.5) is 5.69 Å². The molecule has 26 heavy (non-hydrogen) atoms. The maximum absolute atomic E-state index is 6.08. The normalized spacial score (nSPS) is 11.8. The maximum Gasteiger partial charge on any atom is 0.193 e. The molecule has 0 aliphatic carbocycles. The fraction of sp³-hybridized carbons (Fsp3) is 0.250. The SMILES string of the molecule is Cc1nccn1-c1ncccc1CN=C(N)Nc1cccc(C(C)C)c1. The number of nitrogens with zero attached hydrogens (tertiary/aromatic N) is 4. The molecule has 0 radical (unpaired) electrons. The van der Waals surface area contributed by atoms with Gasteiger partial charge in [-0.1, -0.05) is 32.0 Å². The van der Waals surface area contributed by atoms with Gasteiger partial charge in [-0.05, 0) is 36.6 Å². The van der Waals surface area contributed by atoms with Crippen LogP contribution < -0.4 is 11.1 Å². The fourth-order valence-electron chi connectivity index (χ4n) is 2.71. The van der Waals surface area contributed by atoms with E-state index in [1.54, 1.807) is 12.4 Å². The zero-order valence-corrected chi connectivity index (χ0v) is 15.3. The minimum Gasteiger partial charge on any atom is -0.370 e. The lowest BCUT2D eigenvalue weighted by Gasteiger charge is -2.11. The van der Waals surface area contributed by atoms with Gasteiger partial charge in [-0.2, -0.15) is 0 Å². The summed E-state index contributed by atoms with van der Waals surface area (Å²) in [7, 11) is 0. The number of nitrogens with two attached hydrogens (primary N) is 1. The fourth-order valence-corrected chi connectivity index (χ4v) is 2.71. The van der Waals surface area contributed by atoms with Crippen LogP contribution >= 0.6 is 0 Å². The van der Waals surface area contributed by atoms with Crippen molar-refractivity contribution in [3.63, 3.8) is 0 Å². The number of pyridine rings is 1. The summed E-state index contributed by atoms with van der Waals surface area (Å²) in [5.74, 6) is 2.54. The van der Waals surface area contributed by atoms with E-state index in [0.717, 1.165) is 22.9 Å². The second kappa shape index (κ2) is 7.82. The predicted octanol–water partition coefficient (Wildman–Crippen LogP) is 3.63. The summed E-state index contributed by atoms with van der Waals surface area (Å²) in [6.45, 7) is 6.71. The van der Waals surface area contributed by atoms with Crippen molar-refractivity contribution >= 4 is 11.6 Å². The standard InChI is InChI=1S/C20H24N6/c1-14(2)16-6-4-8-18(12-16)25-20(21)24-13-17-7-5-9-23-19(17)26-11-10-22-15(26)3/h4-12,14H,13H2,1-3H3,(H3,21,24,25). The third-order valence-electron chi connectivity index (χ3n) is 4.17. The molecule has 134 valence electrons. The number of benzene rings is 1. The molecule has 0 aliphatic heterocycles. The first kappa shape index (κ1) is 17.7. The second-order valence-corrected chi connectivity index (χ2v) is 6.44. The molecule has 0 fully saturated rings. The molecule has 0 saturated carbocycles. The Bertz CT molecular complexity index is 910. The number of aliphatic imine (C=N–C) groups is 1. The van der Waals surface area contributed by atoms with Crippen LogP contribution in [0.1, 0.15) is 36.7 Å². The molecule has 0 saturated heterocycles. The lowest BCUT2D eigenvalue weighted by molar-refractivity contribution is 0.867. The summed E-state index contributed by atoms with van der Waals surface area (Å²) >= 11 is 0. The van der Waals surface area contributed by atoms with Gasteiger partial charge in [0, 0.05) is 29.8 Å². The molecule has 2 heterocycles. The zero-order chi connectivity index (χ0) is 18.5. The van der Waals surface area contributed by atoms with Crippen LogP contribution in [0.15, 0.2) is 60.0 Å². The van der Waals surface area contributed by atoms with Crippen LogP contribution in [-0.2, 0) is 6.54 Å². The number of rotatable bonds is 5. The Morgan fingerprint density at radius 2 is 2.04 bits per heavy atom. The first-order valence-corrected chi connectivity index (χ1v) is 8.65. The molecule has 0 amide bonds. The van der Waals surface area contributed by atoms with Crippen molar-refractivity contribution in [1.82, 2.24) is 14.5 Å². The molecular formula is C20H24N6. The van der Waals surface area contributed by atoms with Crippen LogP contribution in [0.2, 0.25) is 0 Å². The Morgan fingerprint density at radius 3 is 2.77 bits per heavy atom. The summed E-state index contributed by atoms with van der Waals surface area (Å²) in [6, 6.07) is 12.1. The third-order valence-corrected chi connectivity index (χ3v) is 4.17. The molecule has 3 rings (SSSR count). The average Bonchev–Trinajstić information content (AvgIpc) is 3.06. The summed E-state index contributed by atoms with van der Waals surface area (Å²) < 4.78 is 1.95. The van der Waals surface area contributed by atoms with E-state index in [4.69, 9.17) is 5.73 Å². The van der Waals surface area contributed by atoms with Gasteiger partial charge in [-0.25, -0.2) is 15.0 Å². The van der Waals surface area contributed by atoms with Gasteiger partial charge < -0.3 is 11.1 Å². The molecule has 3 aromatic rings. The molecule has 0 aliphatic rings. The maximum atomic E-state index is 6.08. The van der Waals surface area contributed by atoms with Gasteiger partial charge >= 0.3 is 0 Å². The first-order valence-electron chi connectivity index (χ1n) is 8.65. The molecular weight excluding hydrogens is 324 g/mol. The predicted molar refractivity (Wildman–Crippen MR) is 106 cm³/mol. The largest absolute Gasteiger partial charge is 0.370 e. The van der Waals surface area contributed by atoms with Crippen molar-refractivity contribution in [2.24, 2.45) is 10.7 Å². The Hall–Kier alpha value is -3.15. The Kier molecular flexibility index (Phi) is 5.31. The summed E-state index contributed by atoms with van der Waals surface area (Å²) in [5.41, 5.74) is 9.26. The molecule has 6 heteroatoms. The van der Waals surface area contributed by atoms with Crippen LogP contribution in [-0.4, -0.2) is 20.5 Å².